The summed E-state index contributed by atoms with van der Waals surface area (Å²) in [6.45, 7) is 3.66. The van der Waals surface area contributed by atoms with Gasteiger partial charge in [0, 0.05) is 25.0 Å². The first-order chi connectivity index (χ1) is 9.49. The molecule has 0 saturated carbocycles. The van der Waals surface area contributed by atoms with Gasteiger partial charge < -0.3 is 20.6 Å². The van der Waals surface area contributed by atoms with Crippen LogP contribution in [0, 0.1) is 0 Å². The largest absolute Gasteiger partial charge is 0.481 e. The quantitative estimate of drug-likeness (QED) is 0.660. The highest BCUT2D eigenvalue weighted by atomic mass is 16.4. The van der Waals surface area contributed by atoms with E-state index in [0.717, 1.165) is 13.0 Å². The van der Waals surface area contributed by atoms with Crippen molar-refractivity contribution in [1.82, 2.24) is 15.5 Å². The molecule has 2 unspecified atom stereocenters. The Morgan fingerprint density at radius 3 is 2.80 bits per heavy atom. The minimum Gasteiger partial charge on any atom is -0.481 e. The molecule has 0 aromatic rings. The number of nitrogens with zero attached hydrogens (tertiary/aromatic N) is 1. The fraction of sp³-hybridized carbons (Fsp3) is 0.857. The Morgan fingerprint density at radius 2 is 2.15 bits per heavy atom. The summed E-state index contributed by atoms with van der Waals surface area (Å²) in [6, 6.07) is 0.266. The van der Waals surface area contributed by atoms with Crippen LogP contribution in [0.25, 0.3) is 0 Å². The second-order valence-electron chi connectivity index (χ2n) is 5.67. The summed E-state index contributed by atoms with van der Waals surface area (Å²) in [5.41, 5.74) is 0. The number of carboxylic acid groups (broad SMARTS) is 1. The van der Waals surface area contributed by atoms with Gasteiger partial charge in [0.25, 0.3) is 0 Å². The Hall–Kier alpha value is -1.30. The van der Waals surface area contributed by atoms with Crippen molar-refractivity contribution < 1.29 is 14.7 Å². The third-order valence-electron chi connectivity index (χ3n) is 3.83. The van der Waals surface area contributed by atoms with Crippen molar-refractivity contribution in [3.63, 3.8) is 0 Å². The molecule has 0 radical (unpaired) electrons. The van der Waals surface area contributed by atoms with E-state index in [1.807, 2.05) is 6.92 Å². The smallest absolute Gasteiger partial charge is 0.315 e. The molecule has 0 aromatic heterocycles. The number of urea groups is 1. The number of rotatable bonds is 7. The number of likely N-dealkylation sites (tertiary alicyclic amines) is 1. The molecule has 1 aliphatic rings. The summed E-state index contributed by atoms with van der Waals surface area (Å²) in [6.07, 6.45) is 5.01. The van der Waals surface area contributed by atoms with E-state index in [1.54, 1.807) is 0 Å². The molecule has 2 atom stereocenters. The summed E-state index contributed by atoms with van der Waals surface area (Å²) >= 11 is 0. The van der Waals surface area contributed by atoms with E-state index in [-0.39, 0.29) is 18.5 Å². The minimum absolute atomic E-state index is 0.00145. The van der Waals surface area contributed by atoms with Crippen LogP contribution >= 0.6 is 0 Å². The van der Waals surface area contributed by atoms with Gasteiger partial charge in [-0.3, -0.25) is 4.79 Å². The lowest BCUT2D eigenvalue weighted by atomic mass is 10.0. The zero-order valence-corrected chi connectivity index (χ0v) is 12.5. The maximum absolute atomic E-state index is 11.7. The van der Waals surface area contributed by atoms with E-state index in [0.29, 0.717) is 25.4 Å². The van der Waals surface area contributed by atoms with E-state index in [1.165, 1.54) is 12.8 Å². The van der Waals surface area contributed by atoms with E-state index in [9.17, 15) is 9.59 Å². The number of nitrogens with one attached hydrogen (secondary N) is 2. The van der Waals surface area contributed by atoms with Gasteiger partial charge in [-0.1, -0.05) is 6.42 Å². The molecule has 1 saturated heterocycles. The lowest BCUT2D eigenvalue weighted by Gasteiger charge is -2.32. The first-order valence-electron chi connectivity index (χ1n) is 7.45. The molecule has 116 valence electrons. The highest BCUT2D eigenvalue weighted by molar-refractivity contribution is 5.74. The maximum atomic E-state index is 11.7. The minimum atomic E-state index is -0.790. The molecule has 6 heteroatoms. The number of aliphatic carboxylic acids is 1. The van der Waals surface area contributed by atoms with Crippen LogP contribution in [-0.4, -0.2) is 54.2 Å². The molecule has 0 aliphatic carbocycles. The molecule has 1 rings (SSSR count). The van der Waals surface area contributed by atoms with E-state index in [4.69, 9.17) is 5.11 Å². The average molecular weight is 285 g/mol. The van der Waals surface area contributed by atoms with Gasteiger partial charge in [-0.2, -0.15) is 0 Å². The summed E-state index contributed by atoms with van der Waals surface area (Å²) in [4.78, 5) is 24.4. The molecule has 1 fully saturated rings. The summed E-state index contributed by atoms with van der Waals surface area (Å²) < 4.78 is 0. The van der Waals surface area contributed by atoms with Crippen molar-refractivity contribution in [2.75, 3.05) is 20.1 Å². The summed E-state index contributed by atoms with van der Waals surface area (Å²) in [5, 5.41) is 14.3. The van der Waals surface area contributed by atoms with Gasteiger partial charge in [0.2, 0.25) is 0 Å². The molecule has 0 aromatic carbocycles. The van der Waals surface area contributed by atoms with Gasteiger partial charge in [-0.15, -0.1) is 0 Å². The zero-order chi connectivity index (χ0) is 15.0. The second kappa shape index (κ2) is 8.79. The van der Waals surface area contributed by atoms with Gasteiger partial charge in [-0.05, 0) is 46.2 Å². The van der Waals surface area contributed by atoms with Gasteiger partial charge in [0.1, 0.15) is 0 Å². The van der Waals surface area contributed by atoms with Crippen molar-refractivity contribution in [2.24, 2.45) is 0 Å². The first kappa shape index (κ1) is 16.8. The van der Waals surface area contributed by atoms with Crippen LogP contribution in [-0.2, 0) is 4.79 Å². The fourth-order valence-electron chi connectivity index (χ4n) is 2.52. The number of carboxylic acids is 1. The number of piperidine rings is 1. The third kappa shape index (κ3) is 6.75. The molecule has 20 heavy (non-hydrogen) atoms. The van der Waals surface area contributed by atoms with Crippen LogP contribution in [0.1, 0.15) is 45.4 Å². The van der Waals surface area contributed by atoms with Gasteiger partial charge >= 0.3 is 12.0 Å². The maximum Gasteiger partial charge on any atom is 0.315 e. The number of amides is 2. The topological polar surface area (TPSA) is 81.7 Å². The van der Waals surface area contributed by atoms with Crippen molar-refractivity contribution in [3.8, 4) is 0 Å². The van der Waals surface area contributed by atoms with Crippen LogP contribution in [0.4, 0.5) is 4.79 Å². The number of carbonyl (C=O) groups excluding carboxylic acids is 1. The molecular weight excluding hydrogens is 258 g/mol. The molecule has 0 spiro atoms. The Balaban J connectivity index is 2.14. The number of carbonyl (C=O) groups is 2. The molecule has 2 amide bonds. The monoisotopic (exact) mass is 285 g/mol. The summed E-state index contributed by atoms with van der Waals surface area (Å²) in [7, 11) is 2.10. The van der Waals surface area contributed by atoms with Crippen molar-refractivity contribution in [3.05, 3.63) is 0 Å². The summed E-state index contributed by atoms with van der Waals surface area (Å²) in [5.74, 6) is -0.790. The van der Waals surface area contributed by atoms with Crippen LogP contribution in [0.2, 0.25) is 0 Å². The standard InChI is InChI=1S/C14H27N3O3/c1-11(6-5-8-13(18)19)16-14(20)15-10-12-7-3-4-9-17(12)2/h11-12H,3-10H2,1-2H3,(H,18,19)(H2,15,16,20). The van der Waals surface area contributed by atoms with Crippen LogP contribution in [0.15, 0.2) is 0 Å². The Labute approximate surface area is 120 Å². The molecular formula is C14H27N3O3. The highest BCUT2D eigenvalue weighted by Gasteiger charge is 2.19. The lowest BCUT2D eigenvalue weighted by molar-refractivity contribution is -0.137. The number of likely N-dealkylation sites (N-methyl/N-ethyl adjacent to an activating group) is 1. The third-order valence-corrected chi connectivity index (χ3v) is 3.83. The van der Waals surface area contributed by atoms with Crippen molar-refractivity contribution >= 4 is 12.0 Å². The lowest BCUT2D eigenvalue weighted by Crippen LogP contribution is -2.48. The van der Waals surface area contributed by atoms with Gasteiger partial charge in [0.05, 0.1) is 0 Å². The van der Waals surface area contributed by atoms with Gasteiger partial charge in [0.15, 0.2) is 0 Å². The van der Waals surface area contributed by atoms with E-state index < -0.39 is 5.97 Å². The van der Waals surface area contributed by atoms with E-state index >= 15 is 0 Å². The van der Waals surface area contributed by atoms with Crippen LogP contribution in [0.3, 0.4) is 0 Å². The Bertz CT molecular complexity index is 323. The average Bonchev–Trinajstić information content (AvgIpc) is 2.37. The van der Waals surface area contributed by atoms with Crippen molar-refractivity contribution in [1.29, 1.82) is 0 Å². The van der Waals surface area contributed by atoms with E-state index in [2.05, 4.69) is 22.6 Å². The first-order valence-corrected chi connectivity index (χ1v) is 7.45. The molecule has 0 bridgehead atoms. The van der Waals surface area contributed by atoms with Crippen LogP contribution < -0.4 is 10.6 Å². The van der Waals surface area contributed by atoms with Gasteiger partial charge in [-0.25, -0.2) is 4.79 Å². The second-order valence-corrected chi connectivity index (χ2v) is 5.67. The normalized spacial score (nSPS) is 21.2. The molecule has 6 nitrogen and oxygen atoms in total. The van der Waals surface area contributed by atoms with Crippen LogP contribution in [0.5, 0.6) is 0 Å². The predicted molar refractivity (Wildman–Crippen MR) is 77.8 cm³/mol. The highest BCUT2D eigenvalue weighted by Crippen LogP contribution is 2.13. The molecule has 1 heterocycles. The molecule has 1 aliphatic heterocycles. The Kier molecular flexibility index (Phi) is 7.36. The number of hydrogen-bond donors (Lipinski definition) is 3. The predicted octanol–water partition coefficient (Wildman–Crippen LogP) is 1.41. The number of hydrogen-bond acceptors (Lipinski definition) is 3. The fourth-order valence-corrected chi connectivity index (χ4v) is 2.52. The van der Waals surface area contributed by atoms with Crippen molar-refractivity contribution in [2.45, 2.75) is 57.5 Å². The Morgan fingerprint density at radius 1 is 1.40 bits per heavy atom. The molecule has 3 N–H and O–H groups in total. The SMILES string of the molecule is CC(CCCC(=O)O)NC(=O)NCC1CCCCN1C. The zero-order valence-electron chi connectivity index (χ0n) is 12.5.